The molecule has 0 atom stereocenters. The summed E-state index contributed by atoms with van der Waals surface area (Å²) >= 11 is 11.1. The molecule has 0 fully saturated rings. The molecular formula is C12H14Cl2FNO. The lowest BCUT2D eigenvalue weighted by molar-refractivity contribution is 0.0949. The van der Waals surface area contributed by atoms with Crippen LogP contribution in [0.1, 0.15) is 29.6 Å². The molecule has 0 saturated carbocycles. The Morgan fingerprint density at radius 1 is 1.29 bits per heavy atom. The number of hydrogen-bond acceptors (Lipinski definition) is 1. The lowest BCUT2D eigenvalue weighted by Gasteiger charge is -2.05. The van der Waals surface area contributed by atoms with Gasteiger partial charge in [0, 0.05) is 17.4 Å². The predicted molar refractivity (Wildman–Crippen MR) is 68.3 cm³/mol. The molecule has 94 valence electrons. The molecule has 0 heterocycles. The van der Waals surface area contributed by atoms with E-state index in [0.29, 0.717) is 12.4 Å². The highest BCUT2D eigenvalue weighted by atomic mass is 35.5. The molecule has 1 rings (SSSR count). The maximum atomic E-state index is 13.4. The summed E-state index contributed by atoms with van der Waals surface area (Å²) in [4.78, 5) is 11.6. The summed E-state index contributed by atoms with van der Waals surface area (Å²) in [6, 6.07) is 4.00. The van der Waals surface area contributed by atoms with Crippen LogP contribution in [0.15, 0.2) is 18.2 Å². The van der Waals surface area contributed by atoms with Crippen molar-refractivity contribution < 1.29 is 9.18 Å². The molecule has 5 heteroatoms. The van der Waals surface area contributed by atoms with Crippen molar-refractivity contribution in [1.29, 1.82) is 0 Å². The van der Waals surface area contributed by atoms with E-state index in [4.69, 9.17) is 23.2 Å². The molecule has 1 amide bonds. The summed E-state index contributed by atoms with van der Waals surface area (Å²) in [5.74, 6) is -0.388. The van der Waals surface area contributed by atoms with E-state index in [-0.39, 0.29) is 10.6 Å². The van der Waals surface area contributed by atoms with Crippen LogP contribution < -0.4 is 5.32 Å². The summed E-state index contributed by atoms with van der Waals surface area (Å²) in [6.07, 6.45) is 2.72. The first kappa shape index (κ1) is 14.3. The minimum atomic E-state index is -0.601. The topological polar surface area (TPSA) is 29.1 Å². The van der Waals surface area contributed by atoms with E-state index in [1.165, 1.54) is 12.1 Å². The van der Waals surface area contributed by atoms with Gasteiger partial charge in [0.25, 0.3) is 5.91 Å². The Labute approximate surface area is 110 Å². The molecule has 0 bridgehead atoms. The number of carbonyl (C=O) groups excluding carboxylic acids is 1. The van der Waals surface area contributed by atoms with Crippen LogP contribution in [0.2, 0.25) is 5.02 Å². The van der Waals surface area contributed by atoms with Gasteiger partial charge in [0.05, 0.1) is 5.56 Å². The van der Waals surface area contributed by atoms with Crippen LogP contribution in [0.25, 0.3) is 0 Å². The van der Waals surface area contributed by atoms with Gasteiger partial charge in [-0.15, -0.1) is 11.6 Å². The zero-order chi connectivity index (χ0) is 12.7. The lowest BCUT2D eigenvalue weighted by atomic mass is 10.2. The molecule has 0 unspecified atom stereocenters. The average molecular weight is 278 g/mol. The molecule has 0 aliphatic carbocycles. The van der Waals surface area contributed by atoms with Gasteiger partial charge in [-0.05, 0) is 31.0 Å². The number of unbranched alkanes of at least 4 members (excludes halogenated alkanes) is 2. The smallest absolute Gasteiger partial charge is 0.254 e. The number of alkyl halides is 1. The predicted octanol–water partition coefficient (Wildman–Crippen LogP) is 3.62. The SMILES string of the molecule is O=C(NCCCCCCl)c1ccc(Cl)cc1F. The van der Waals surface area contributed by atoms with Gasteiger partial charge in [-0.1, -0.05) is 18.0 Å². The lowest BCUT2D eigenvalue weighted by Crippen LogP contribution is -2.25. The minimum absolute atomic E-state index is 0.0201. The number of benzene rings is 1. The molecule has 2 nitrogen and oxygen atoms in total. The summed E-state index contributed by atoms with van der Waals surface area (Å²) in [7, 11) is 0. The largest absolute Gasteiger partial charge is 0.352 e. The van der Waals surface area contributed by atoms with E-state index in [9.17, 15) is 9.18 Å². The van der Waals surface area contributed by atoms with Crippen molar-refractivity contribution in [2.24, 2.45) is 0 Å². The number of rotatable bonds is 6. The van der Waals surface area contributed by atoms with Crippen molar-refractivity contribution >= 4 is 29.1 Å². The highest BCUT2D eigenvalue weighted by molar-refractivity contribution is 6.30. The van der Waals surface area contributed by atoms with E-state index in [0.717, 1.165) is 25.3 Å². The third-order valence-electron chi connectivity index (χ3n) is 2.27. The molecule has 0 spiro atoms. The standard InChI is InChI=1S/C12H14Cl2FNO/c13-6-2-1-3-7-16-12(17)10-5-4-9(14)8-11(10)15/h4-5,8H,1-3,6-7H2,(H,16,17). The van der Waals surface area contributed by atoms with Crippen molar-refractivity contribution in [3.63, 3.8) is 0 Å². The van der Waals surface area contributed by atoms with Gasteiger partial charge in [-0.2, -0.15) is 0 Å². The van der Waals surface area contributed by atoms with Gasteiger partial charge in [0.15, 0.2) is 0 Å². The Bertz CT molecular complexity index is 385. The molecule has 1 aromatic carbocycles. The van der Waals surface area contributed by atoms with Gasteiger partial charge in [0.2, 0.25) is 0 Å². The summed E-state index contributed by atoms with van der Waals surface area (Å²) in [5, 5.41) is 2.93. The van der Waals surface area contributed by atoms with Crippen LogP contribution in [0.4, 0.5) is 4.39 Å². The Balaban J connectivity index is 2.42. The average Bonchev–Trinajstić information content (AvgIpc) is 2.28. The van der Waals surface area contributed by atoms with E-state index in [2.05, 4.69) is 5.32 Å². The number of hydrogen-bond donors (Lipinski definition) is 1. The van der Waals surface area contributed by atoms with E-state index in [1.807, 2.05) is 0 Å². The summed E-state index contributed by atoms with van der Waals surface area (Å²) < 4.78 is 13.4. The van der Waals surface area contributed by atoms with Crippen LogP contribution in [0, 0.1) is 5.82 Å². The second-order valence-electron chi connectivity index (χ2n) is 3.63. The first-order valence-electron chi connectivity index (χ1n) is 5.44. The Hall–Kier alpha value is -0.800. The molecule has 0 aliphatic heterocycles. The second-order valence-corrected chi connectivity index (χ2v) is 4.44. The monoisotopic (exact) mass is 277 g/mol. The zero-order valence-corrected chi connectivity index (χ0v) is 10.8. The van der Waals surface area contributed by atoms with Crippen molar-refractivity contribution in [2.75, 3.05) is 12.4 Å². The molecular weight excluding hydrogens is 264 g/mol. The molecule has 0 radical (unpaired) electrons. The molecule has 17 heavy (non-hydrogen) atoms. The van der Waals surface area contributed by atoms with Crippen molar-refractivity contribution in [3.8, 4) is 0 Å². The fraction of sp³-hybridized carbons (Fsp3) is 0.417. The van der Waals surface area contributed by atoms with Gasteiger partial charge >= 0.3 is 0 Å². The Morgan fingerprint density at radius 2 is 2.06 bits per heavy atom. The highest BCUT2D eigenvalue weighted by Crippen LogP contribution is 2.14. The van der Waals surface area contributed by atoms with E-state index >= 15 is 0 Å². The molecule has 1 N–H and O–H groups in total. The highest BCUT2D eigenvalue weighted by Gasteiger charge is 2.10. The molecule has 0 aliphatic rings. The minimum Gasteiger partial charge on any atom is -0.352 e. The van der Waals surface area contributed by atoms with E-state index in [1.54, 1.807) is 0 Å². The number of amides is 1. The van der Waals surface area contributed by atoms with Gasteiger partial charge in [-0.3, -0.25) is 4.79 Å². The Kier molecular flexibility index (Phi) is 6.30. The number of carbonyl (C=O) groups is 1. The van der Waals surface area contributed by atoms with Crippen LogP contribution in [-0.4, -0.2) is 18.3 Å². The van der Waals surface area contributed by atoms with Gasteiger partial charge in [-0.25, -0.2) is 4.39 Å². The van der Waals surface area contributed by atoms with Gasteiger partial charge in [0.1, 0.15) is 5.82 Å². The normalized spacial score (nSPS) is 10.3. The molecule has 1 aromatic rings. The quantitative estimate of drug-likeness (QED) is 0.625. The van der Waals surface area contributed by atoms with Crippen molar-refractivity contribution in [3.05, 3.63) is 34.6 Å². The van der Waals surface area contributed by atoms with Crippen molar-refractivity contribution in [2.45, 2.75) is 19.3 Å². The number of nitrogens with one attached hydrogen (secondary N) is 1. The fourth-order valence-electron chi connectivity index (χ4n) is 1.37. The third kappa shape index (κ3) is 4.92. The summed E-state index contributed by atoms with van der Waals surface area (Å²) in [6.45, 7) is 0.526. The van der Waals surface area contributed by atoms with Crippen LogP contribution in [0.3, 0.4) is 0 Å². The second kappa shape index (κ2) is 7.51. The molecule has 0 aromatic heterocycles. The first-order valence-corrected chi connectivity index (χ1v) is 6.35. The van der Waals surface area contributed by atoms with Crippen LogP contribution >= 0.6 is 23.2 Å². The fourth-order valence-corrected chi connectivity index (χ4v) is 1.71. The van der Waals surface area contributed by atoms with Gasteiger partial charge < -0.3 is 5.32 Å². The number of halogens is 3. The maximum Gasteiger partial charge on any atom is 0.254 e. The third-order valence-corrected chi connectivity index (χ3v) is 2.77. The van der Waals surface area contributed by atoms with E-state index < -0.39 is 11.7 Å². The zero-order valence-electron chi connectivity index (χ0n) is 9.31. The van der Waals surface area contributed by atoms with Crippen molar-refractivity contribution in [1.82, 2.24) is 5.32 Å². The first-order chi connectivity index (χ1) is 8.15. The van der Waals surface area contributed by atoms with Crippen LogP contribution in [0.5, 0.6) is 0 Å². The Morgan fingerprint density at radius 3 is 2.71 bits per heavy atom. The maximum absolute atomic E-state index is 13.4. The summed E-state index contributed by atoms with van der Waals surface area (Å²) in [5.41, 5.74) is 0.0201. The van der Waals surface area contributed by atoms with Crippen LogP contribution in [-0.2, 0) is 0 Å². The molecule has 0 saturated heterocycles.